The van der Waals surface area contributed by atoms with Crippen LogP contribution >= 0.6 is 0 Å². The zero-order valence-electron chi connectivity index (χ0n) is 40.9. The van der Waals surface area contributed by atoms with Gasteiger partial charge in [-0.2, -0.15) is 0 Å². The van der Waals surface area contributed by atoms with E-state index in [1.54, 1.807) is 0 Å². The Balaban J connectivity index is 4.15. The molecule has 0 radical (unpaired) electrons. The van der Waals surface area contributed by atoms with Crippen molar-refractivity contribution in [3.05, 3.63) is 24.3 Å². The normalized spacial score (nSPS) is 12.1. The lowest BCUT2D eigenvalue weighted by molar-refractivity contribution is -0.167. The Hall–Kier alpha value is -2.11. The molecule has 0 heterocycles. The number of carbonyl (C=O) groups is 3. The summed E-state index contributed by atoms with van der Waals surface area (Å²) in [5, 5.41) is 0. The number of ether oxygens (including phenoxy) is 3. The van der Waals surface area contributed by atoms with Gasteiger partial charge in [0.2, 0.25) is 0 Å². The molecule has 1 unspecified atom stereocenters. The Bertz CT molecular complexity index is 989. The fraction of sp³-hybridized carbons (Fsp3) is 0.873. The molecule has 0 aromatic carbocycles. The zero-order chi connectivity index (χ0) is 44.4. The summed E-state index contributed by atoms with van der Waals surface area (Å²) in [6.45, 7) is 6.60. The van der Waals surface area contributed by atoms with Gasteiger partial charge >= 0.3 is 17.9 Å². The van der Waals surface area contributed by atoms with Crippen LogP contribution in [0, 0.1) is 0 Å². The predicted octanol–water partition coefficient (Wildman–Crippen LogP) is 17.5. The highest BCUT2D eigenvalue weighted by Gasteiger charge is 2.19. The minimum Gasteiger partial charge on any atom is -0.462 e. The molecule has 61 heavy (non-hydrogen) atoms. The van der Waals surface area contributed by atoms with Crippen molar-refractivity contribution in [2.24, 2.45) is 0 Å². The monoisotopic (exact) mass is 859 g/mol. The van der Waals surface area contributed by atoms with Crippen molar-refractivity contribution in [1.29, 1.82) is 0 Å². The third-order valence-corrected chi connectivity index (χ3v) is 11.9. The molecule has 0 fully saturated rings. The molecule has 0 aliphatic rings. The molecular formula is C55H102O6. The predicted molar refractivity (Wildman–Crippen MR) is 261 cm³/mol. The summed E-state index contributed by atoms with van der Waals surface area (Å²) in [5.74, 6) is -0.881. The second-order valence-electron chi connectivity index (χ2n) is 18.1. The quantitative estimate of drug-likeness (QED) is 0.0262. The van der Waals surface area contributed by atoms with E-state index in [9.17, 15) is 14.4 Å². The number of rotatable bonds is 49. The van der Waals surface area contributed by atoms with Crippen LogP contribution in [0.1, 0.15) is 290 Å². The van der Waals surface area contributed by atoms with Gasteiger partial charge in [-0.25, -0.2) is 0 Å². The molecule has 0 aliphatic heterocycles. The molecule has 0 rings (SSSR count). The molecule has 0 saturated heterocycles. The lowest BCUT2D eigenvalue weighted by Gasteiger charge is -2.18. The van der Waals surface area contributed by atoms with Gasteiger partial charge in [0.25, 0.3) is 0 Å². The van der Waals surface area contributed by atoms with E-state index in [0.29, 0.717) is 19.3 Å². The number of carbonyl (C=O) groups excluding carboxylic acids is 3. The van der Waals surface area contributed by atoms with Gasteiger partial charge in [0, 0.05) is 19.3 Å². The van der Waals surface area contributed by atoms with Crippen molar-refractivity contribution in [1.82, 2.24) is 0 Å². The van der Waals surface area contributed by atoms with Gasteiger partial charge in [0.15, 0.2) is 6.10 Å². The van der Waals surface area contributed by atoms with Crippen LogP contribution < -0.4 is 0 Å². The smallest absolute Gasteiger partial charge is 0.306 e. The molecule has 0 aromatic heterocycles. The van der Waals surface area contributed by atoms with E-state index >= 15 is 0 Å². The van der Waals surface area contributed by atoms with Crippen LogP contribution in [0.2, 0.25) is 0 Å². The van der Waals surface area contributed by atoms with Crippen molar-refractivity contribution in [2.45, 2.75) is 297 Å². The first-order valence-corrected chi connectivity index (χ1v) is 26.8. The van der Waals surface area contributed by atoms with Crippen molar-refractivity contribution in [3.8, 4) is 0 Å². The average molecular weight is 859 g/mol. The maximum absolute atomic E-state index is 12.7. The number of hydrogen-bond acceptors (Lipinski definition) is 6. The van der Waals surface area contributed by atoms with Crippen LogP contribution in [0.4, 0.5) is 0 Å². The van der Waals surface area contributed by atoms with Gasteiger partial charge in [-0.05, 0) is 70.6 Å². The molecule has 0 N–H and O–H groups in total. The molecule has 358 valence electrons. The first-order valence-electron chi connectivity index (χ1n) is 26.8. The number of hydrogen-bond donors (Lipinski definition) is 0. The van der Waals surface area contributed by atoms with Crippen LogP contribution in [-0.2, 0) is 28.6 Å². The fourth-order valence-electron chi connectivity index (χ4n) is 7.84. The van der Waals surface area contributed by atoms with Crippen molar-refractivity contribution in [3.63, 3.8) is 0 Å². The summed E-state index contributed by atoms with van der Waals surface area (Å²) in [6.07, 6.45) is 57.6. The van der Waals surface area contributed by atoms with Crippen LogP contribution in [0.5, 0.6) is 0 Å². The molecule has 0 bridgehead atoms. The van der Waals surface area contributed by atoms with Gasteiger partial charge in [0.05, 0.1) is 0 Å². The molecule has 0 amide bonds. The van der Waals surface area contributed by atoms with E-state index in [1.165, 1.54) is 186 Å². The van der Waals surface area contributed by atoms with Crippen LogP contribution in [0.15, 0.2) is 24.3 Å². The van der Waals surface area contributed by atoms with Gasteiger partial charge in [-0.3, -0.25) is 14.4 Å². The third-order valence-electron chi connectivity index (χ3n) is 11.9. The maximum atomic E-state index is 12.7. The summed E-state index contributed by atoms with van der Waals surface area (Å²) in [7, 11) is 0. The molecule has 6 heteroatoms. The third kappa shape index (κ3) is 48.8. The number of esters is 3. The standard InChI is InChI=1S/C55H102O6/c1-4-7-10-13-16-18-20-22-24-26-27-28-29-30-32-33-35-37-39-42-45-48-54(57)60-51-52(50-59-53(56)47-44-41-15-12-9-6-3)61-55(58)49-46-43-40-38-36-34-31-25-23-21-19-17-14-11-8-5-2/h25-27,31,52H,4-24,28-30,32-51H2,1-3H3/b27-26-,31-25-. The van der Waals surface area contributed by atoms with Crippen molar-refractivity contribution in [2.75, 3.05) is 13.2 Å². The highest BCUT2D eigenvalue weighted by Crippen LogP contribution is 2.15. The van der Waals surface area contributed by atoms with E-state index in [2.05, 4.69) is 45.1 Å². The van der Waals surface area contributed by atoms with E-state index < -0.39 is 6.10 Å². The molecule has 0 aromatic rings. The van der Waals surface area contributed by atoms with E-state index in [1.807, 2.05) is 0 Å². The van der Waals surface area contributed by atoms with Crippen molar-refractivity contribution < 1.29 is 28.6 Å². The second-order valence-corrected chi connectivity index (χ2v) is 18.1. The summed E-state index contributed by atoms with van der Waals surface area (Å²) >= 11 is 0. The average Bonchev–Trinajstić information content (AvgIpc) is 3.26. The summed E-state index contributed by atoms with van der Waals surface area (Å²) < 4.78 is 16.7. The van der Waals surface area contributed by atoms with Gasteiger partial charge in [-0.15, -0.1) is 0 Å². The maximum Gasteiger partial charge on any atom is 0.306 e. The number of unbranched alkanes of at least 4 members (excludes halogenated alkanes) is 34. The minimum atomic E-state index is -0.770. The van der Waals surface area contributed by atoms with Crippen molar-refractivity contribution >= 4 is 17.9 Å². The Kier molecular flexibility index (Phi) is 48.8. The highest BCUT2D eigenvalue weighted by atomic mass is 16.6. The first-order chi connectivity index (χ1) is 30.0. The molecule has 0 aliphatic carbocycles. The number of allylic oxidation sites excluding steroid dienone is 4. The molecule has 0 saturated carbocycles. The molecule has 6 nitrogen and oxygen atoms in total. The van der Waals surface area contributed by atoms with Gasteiger partial charge in [-0.1, -0.05) is 225 Å². The van der Waals surface area contributed by atoms with Gasteiger partial charge in [0.1, 0.15) is 13.2 Å². The van der Waals surface area contributed by atoms with Crippen LogP contribution in [0.25, 0.3) is 0 Å². The fourth-order valence-corrected chi connectivity index (χ4v) is 7.84. The summed E-state index contributed by atoms with van der Waals surface area (Å²) in [4.78, 5) is 37.8. The van der Waals surface area contributed by atoms with E-state index in [-0.39, 0.29) is 31.1 Å². The lowest BCUT2D eigenvalue weighted by atomic mass is 10.1. The largest absolute Gasteiger partial charge is 0.462 e. The molecule has 1 atom stereocenters. The van der Waals surface area contributed by atoms with E-state index in [4.69, 9.17) is 14.2 Å². The SMILES string of the molecule is CCCCCCCCC/C=C\CCCCCCCC(=O)OC(COC(=O)CCCCCCCC)COC(=O)CCCCCCCCCCC/C=C\CCCCCCCCCC. The molecular weight excluding hydrogens is 757 g/mol. The Morgan fingerprint density at radius 3 is 0.820 bits per heavy atom. The van der Waals surface area contributed by atoms with Crippen LogP contribution in [0.3, 0.4) is 0 Å². The lowest BCUT2D eigenvalue weighted by Crippen LogP contribution is -2.30. The van der Waals surface area contributed by atoms with Gasteiger partial charge < -0.3 is 14.2 Å². The van der Waals surface area contributed by atoms with E-state index in [0.717, 1.165) is 64.2 Å². The van der Waals surface area contributed by atoms with Crippen LogP contribution in [-0.4, -0.2) is 37.2 Å². The zero-order valence-corrected chi connectivity index (χ0v) is 40.9. The Morgan fingerprint density at radius 2 is 0.541 bits per heavy atom. The summed E-state index contributed by atoms with van der Waals surface area (Å²) in [5.41, 5.74) is 0. The summed E-state index contributed by atoms with van der Waals surface area (Å²) in [6, 6.07) is 0. The highest BCUT2D eigenvalue weighted by molar-refractivity contribution is 5.71. The first kappa shape index (κ1) is 58.9. The molecule has 0 spiro atoms. The minimum absolute atomic E-state index is 0.0730. The second kappa shape index (κ2) is 50.5. The Labute approximate surface area is 379 Å². The topological polar surface area (TPSA) is 78.9 Å². The Morgan fingerprint density at radius 1 is 0.311 bits per heavy atom.